The molecule has 0 aliphatic heterocycles. The quantitative estimate of drug-likeness (QED) is 0.278. The molecule has 38 heavy (non-hydrogen) atoms. The number of rotatable bonds is 5. The van der Waals surface area contributed by atoms with Gasteiger partial charge in [-0.05, 0) is 36.2 Å². The van der Waals surface area contributed by atoms with Crippen LogP contribution in [0, 0.1) is 6.92 Å². The summed E-state index contributed by atoms with van der Waals surface area (Å²) < 4.78 is 174. The van der Waals surface area contributed by atoms with E-state index in [4.69, 9.17) is 5.73 Å². The van der Waals surface area contributed by atoms with Gasteiger partial charge in [0.1, 0.15) is 11.4 Å². The predicted molar refractivity (Wildman–Crippen MR) is 103 cm³/mol. The molecule has 0 saturated heterocycles. The van der Waals surface area contributed by atoms with Crippen molar-refractivity contribution in [2.24, 2.45) is 0 Å². The van der Waals surface area contributed by atoms with Crippen molar-refractivity contribution < 1.29 is 57.1 Å². The van der Waals surface area contributed by atoms with Crippen LogP contribution in [0.5, 0.6) is 0 Å². The van der Waals surface area contributed by atoms with Gasteiger partial charge in [0.15, 0.2) is 5.82 Å². The van der Waals surface area contributed by atoms with Crippen LogP contribution in [-0.4, -0.2) is 32.1 Å². The third-order valence-electron chi connectivity index (χ3n) is 5.03. The molecular formula is C20H12F13N5. The fraction of sp³-hybridized carbons (Fsp3) is 0.350. The zero-order chi connectivity index (χ0) is 29.1. The number of anilines is 1. The van der Waals surface area contributed by atoms with Gasteiger partial charge in [-0.3, -0.25) is 0 Å². The molecule has 0 aliphatic carbocycles. The molecule has 0 bridgehead atoms. The van der Waals surface area contributed by atoms with E-state index in [9.17, 15) is 57.1 Å². The lowest BCUT2D eigenvalue weighted by Crippen LogP contribution is -2.38. The molecule has 0 saturated carbocycles. The van der Waals surface area contributed by atoms with Crippen LogP contribution in [0.25, 0.3) is 11.4 Å². The maximum Gasteiger partial charge on any atom is 0.459 e. The first kappa shape index (κ1) is 29.0. The second-order valence-electron chi connectivity index (χ2n) is 7.88. The standard InChI is InChI=1S/C20H12F13N5/c1-8-4-9(2-3-11(8)34)7-38-14(36-15(37-38)18(25,26)27)10-5-12(16(21,22)19(28,29)30)35-13(6-10)17(23,24)20(31,32)33/h2-6H,7,34H2,1H3. The fourth-order valence-corrected chi connectivity index (χ4v) is 3.07. The molecule has 0 atom stereocenters. The van der Waals surface area contributed by atoms with E-state index in [1.807, 2.05) is 0 Å². The van der Waals surface area contributed by atoms with Crippen LogP contribution in [0.1, 0.15) is 28.3 Å². The van der Waals surface area contributed by atoms with Gasteiger partial charge in [-0.15, -0.1) is 5.10 Å². The predicted octanol–water partition coefficient (Wildman–Crippen LogP) is 6.61. The highest BCUT2D eigenvalue weighted by molar-refractivity contribution is 5.58. The molecular weight excluding hydrogens is 557 g/mol. The average Bonchev–Trinajstić information content (AvgIpc) is 3.19. The maximum absolute atomic E-state index is 14.0. The molecule has 0 aliphatic rings. The molecule has 1 aromatic carbocycles. The van der Waals surface area contributed by atoms with Crippen molar-refractivity contribution in [3.05, 3.63) is 58.7 Å². The van der Waals surface area contributed by atoms with Crippen LogP contribution in [0.3, 0.4) is 0 Å². The number of halogens is 13. The number of aromatic nitrogens is 4. The van der Waals surface area contributed by atoms with Gasteiger partial charge in [0.2, 0.25) is 0 Å². The summed E-state index contributed by atoms with van der Waals surface area (Å²) in [4.78, 5) is 5.17. The molecule has 2 aromatic heterocycles. The van der Waals surface area contributed by atoms with Gasteiger partial charge in [-0.1, -0.05) is 12.1 Å². The number of benzene rings is 1. The Balaban J connectivity index is 2.33. The van der Waals surface area contributed by atoms with Crippen molar-refractivity contribution in [1.82, 2.24) is 19.7 Å². The van der Waals surface area contributed by atoms with E-state index in [-0.39, 0.29) is 28.1 Å². The number of alkyl halides is 13. The molecule has 0 spiro atoms. The minimum absolute atomic E-state index is 0.132. The number of pyridine rings is 1. The Bertz CT molecular complexity index is 1290. The lowest BCUT2D eigenvalue weighted by Gasteiger charge is -2.23. The zero-order valence-corrected chi connectivity index (χ0v) is 18.4. The number of nitrogen functional groups attached to an aromatic ring is 1. The monoisotopic (exact) mass is 569 g/mol. The Hall–Kier alpha value is -3.60. The Labute approximate surface area is 203 Å². The summed E-state index contributed by atoms with van der Waals surface area (Å²) in [6.45, 7) is 0.792. The van der Waals surface area contributed by atoms with Gasteiger partial charge < -0.3 is 5.73 Å². The minimum Gasteiger partial charge on any atom is -0.399 e. The highest BCUT2D eigenvalue weighted by Gasteiger charge is 2.63. The largest absolute Gasteiger partial charge is 0.459 e. The number of nitrogens with two attached hydrogens (primary N) is 1. The molecule has 0 radical (unpaired) electrons. The molecule has 2 heterocycles. The number of hydrogen-bond donors (Lipinski definition) is 1. The molecule has 0 unspecified atom stereocenters. The fourth-order valence-electron chi connectivity index (χ4n) is 3.07. The van der Waals surface area contributed by atoms with E-state index in [2.05, 4.69) is 15.1 Å². The van der Waals surface area contributed by atoms with E-state index < -0.39 is 65.5 Å². The van der Waals surface area contributed by atoms with Crippen molar-refractivity contribution in [1.29, 1.82) is 0 Å². The number of aryl methyl sites for hydroxylation is 1. The molecule has 0 amide bonds. The first-order valence-electron chi connectivity index (χ1n) is 9.85. The highest BCUT2D eigenvalue weighted by Crippen LogP contribution is 2.48. The van der Waals surface area contributed by atoms with Crippen molar-refractivity contribution in [2.75, 3.05) is 5.73 Å². The molecule has 3 aromatic rings. The van der Waals surface area contributed by atoms with E-state index in [0.717, 1.165) is 0 Å². The molecule has 5 nitrogen and oxygen atoms in total. The van der Waals surface area contributed by atoms with Crippen molar-refractivity contribution in [2.45, 2.75) is 43.8 Å². The van der Waals surface area contributed by atoms with Crippen molar-refractivity contribution in [3.8, 4) is 11.4 Å². The molecule has 18 heteroatoms. The summed E-state index contributed by atoms with van der Waals surface area (Å²) in [7, 11) is 0. The first-order valence-corrected chi connectivity index (χ1v) is 9.85. The summed E-state index contributed by atoms with van der Waals surface area (Å²) >= 11 is 0. The average molecular weight is 569 g/mol. The van der Waals surface area contributed by atoms with E-state index in [1.54, 1.807) is 0 Å². The summed E-state index contributed by atoms with van der Waals surface area (Å²) in [5, 5.41) is 3.10. The highest BCUT2D eigenvalue weighted by atomic mass is 19.4. The molecule has 2 N–H and O–H groups in total. The van der Waals surface area contributed by atoms with Gasteiger partial charge in [-0.2, -0.15) is 57.1 Å². The lowest BCUT2D eigenvalue weighted by atomic mass is 10.1. The molecule has 0 fully saturated rings. The van der Waals surface area contributed by atoms with Crippen LogP contribution < -0.4 is 5.73 Å². The number of nitrogens with zero attached hydrogens (tertiary/aromatic N) is 4. The Morgan fingerprint density at radius 2 is 1.24 bits per heavy atom. The zero-order valence-electron chi connectivity index (χ0n) is 18.4. The van der Waals surface area contributed by atoms with Crippen LogP contribution in [-0.2, 0) is 24.6 Å². The van der Waals surface area contributed by atoms with Gasteiger partial charge >= 0.3 is 30.4 Å². The summed E-state index contributed by atoms with van der Waals surface area (Å²) in [6.07, 6.45) is -18.4. The molecule has 3 rings (SSSR count). The van der Waals surface area contributed by atoms with Crippen LogP contribution in [0.4, 0.5) is 62.8 Å². The number of hydrogen-bond acceptors (Lipinski definition) is 4. The van der Waals surface area contributed by atoms with E-state index in [0.29, 0.717) is 5.56 Å². The Morgan fingerprint density at radius 1 is 0.737 bits per heavy atom. The second kappa shape index (κ2) is 9.00. The topological polar surface area (TPSA) is 69.6 Å². The van der Waals surface area contributed by atoms with Crippen LogP contribution in [0.15, 0.2) is 30.3 Å². The SMILES string of the molecule is Cc1cc(Cn2nc(C(F)(F)F)nc2-c2cc(C(F)(F)C(F)(F)F)nc(C(F)(F)C(F)(F)F)c2)ccc1N. The van der Waals surface area contributed by atoms with Gasteiger partial charge in [0.05, 0.1) is 6.54 Å². The minimum atomic E-state index is -6.52. The third-order valence-corrected chi connectivity index (χ3v) is 5.03. The van der Waals surface area contributed by atoms with Crippen LogP contribution in [0.2, 0.25) is 0 Å². The lowest BCUT2D eigenvalue weighted by molar-refractivity contribution is -0.295. The first-order chi connectivity index (χ1) is 17.1. The second-order valence-corrected chi connectivity index (χ2v) is 7.88. The van der Waals surface area contributed by atoms with E-state index in [1.165, 1.54) is 25.1 Å². The van der Waals surface area contributed by atoms with Crippen molar-refractivity contribution >= 4 is 5.69 Å². The summed E-state index contributed by atoms with van der Waals surface area (Å²) in [6, 6.07) is 3.31. The Kier molecular flexibility index (Phi) is 6.86. The summed E-state index contributed by atoms with van der Waals surface area (Å²) in [5.41, 5.74) is -0.242. The van der Waals surface area contributed by atoms with Gasteiger partial charge in [0.25, 0.3) is 5.82 Å². The van der Waals surface area contributed by atoms with Gasteiger partial charge in [-0.25, -0.2) is 14.6 Å². The molecule has 208 valence electrons. The van der Waals surface area contributed by atoms with Crippen LogP contribution >= 0.6 is 0 Å². The summed E-state index contributed by atoms with van der Waals surface area (Å²) in [5.74, 6) is -15.4. The smallest absolute Gasteiger partial charge is 0.399 e. The third kappa shape index (κ3) is 5.33. The maximum atomic E-state index is 14.0. The Morgan fingerprint density at radius 3 is 1.66 bits per heavy atom. The normalized spacial score (nSPS) is 13.7. The van der Waals surface area contributed by atoms with E-state index >= 15 is 0 Å². The van der Waals surface area contributed by atoms with Crippen molar-refractivity contribution in [3.63, 3.8) is 0 Å². The van der Waals surface area contributed by atoms with Gasteiger partial charge in [0, 0.05) is 11.3 Å².